The summed E-state index contributed by atoms with van der Waals surface area (Å²) in [6, 6.07) is -0.545. The van der Waals surface area contributed by atoms with Crippen molar-refractivity contribution in [1.29, 1.82) is 0 Å². The van der Waals surface area contributed by atoms with Gasteiger partial charge < -0.3 is 21.3 Å². The average molecular weight is 295 g/mol. The Kier molecular flexibility index (Phi) is 6.64. The van der Waals surface area contributed by atoms with Crippen molar-refractivity contribution in [2.24, 2.45) is 5.73 Å². The highest BCUT2D eigenvalue weighted by atomic mass is 16.1. The fourth-order valence-corrected chi connectivity index (χ4v) is 1.66. The number of nitrogens with one attached hydrogen (secondary N) is 2. The fourth-order valence-electron chi connectivity index (χ4n) is 1.66. The zero-order valence-corrected chi connectivity index (χ0v) is 13.2. The lowest BCUT2D eigenvalue weighted by molar-refractivity contribution is -0.118. The van der Waals surface area contributed by atoms with Crippen LogP contribution in [-0.2, 0) is 4.79 Å². The molecule has 21 heavy (non-hydrogen) atoms. The SMILES string of the molecule is CCCNc1nc(NC(C)C(N)=O)nc(N(CC)CC)n1. The van der Waals surface area contributed by atoms with Crippen LogP contribution in [0.1, 0.15) is 34.1 Å². The van der Waals surface area contributed by atoms with Crippen LogP contribution in [0, 0.1) is 0 Å². The first kappa shape index (κ1) is 16.9. The minimum atomic E-state index is -0.545. The van der Waals surface area contributed by atoms with Gasteiger partial charge in [0.05, 0.1) is 0 Å². The quantitative estimate of drug-likeness (QED) is 0.619. The van der Waals surface area contributed by atoms with Crippen LogP contribution in [0.4, 0.5) is 17.8 Å². The summed E-state index contributed by atoms with van der Waals surface area (Å²) in [5, 5.41) is 6.03. The van der Waals surface area contributed by atoms with Crippen molar-refractivity contribution in [3.63, 3.8) is 0 Å². The Labute approximate surface area is 125 Å². The summed E-state index contributed by atoms with van der Waals surface area (Å²) in [5.74, 6) is 0.959. The van der Waals surface area contributed by atoms with Crippen molar-refractivity contribution >= 4 is 23.8 Å². The molecule has 1 aromatic rings. The van der Waals surface area contributed by atoms with Gasteiger partial charge in [0.25, 0.3) is 0 Å². The number of nitrogens with zero attached hydrogens (tertiary/aromatic N) is 4. The number of amides is 1. The highest BCUT2D eigenvalue weighted by Crippen LogP contribution is 2.14. The van der Waals surface area contributed by atoms with Gasteiger partial charge in [-0.2, -0.15) is 15.0 Å². The molecule has 1 amide bonds. The Balaban J connectivity index is 3.04. The molecule has 0 radical (unpaired) electrons. The van der Waals surface area contributed by atoms with Crippen LogP contribution >= 0.6 is 0 Å². The first-order chi connectivity index (χ1) is 10.0. The van der Waals surface area contributed by atoms with Gasteiger partial charge in [0.15, 0.2) is 0 Å². The summed E-state index contributed by atoms with van der Waals surface area (Å²) < 4.78 is 0. The van der Waals surface area contributed by atoms with Crippen LogP contribution in [0.3, 0.4) is 0 Å². The van der Waals surface area contributed by atoms with Gasteiger partial charge in [-0.25, -0.2) is 0 Å². The second kappa shape index (κ2) is 8.23. The molecular weight excluding hydrogens is 270 g/mol. The summed E-state index contributed by atoms with van der Waals surface area (Å²) in [6.07, 6.45) is 0.965. The number of primary amides is 1. The van der Waals surface area contributed by atoms with Crippen molar-refractivity contribution < 1.29 is 4.79 Å². The van der Waals surface area contributed by atoms with E-state index in [0.717, 1.165) is 26.1 Å². The number of anilines is 3. The predicted octanol–water partition coefficient (Wildman–Crippen LogP) is 0.825. The first-order valence-corrected chi connectivity index (χ1v) is 7.32. The molecule has 1 atom stereocenters. The highest BCUT2D eigenvalue weighted by Gasteiger charge is 2.14. The lowest BCUT2D eigenvalue weighted by Gasteiger charge is -2.20. The van der Waals surface area contributed by atoms with E-state index in [1.807, 2.05) is 18.7 Å². The molecule has 0 spiro atoms. The Hall–Kier alpha value is -2.12. The molecule has 0 aromatic carbocycles. The third-order valence-corrected chi connectivity index (χ3v) is 2.98. The van der Waals surface area contributed by atoms with Crippen LogP contribution < -0.4 is 21.3 Å². The second-order valence-corrected chi connectivity index (χ2v) is 4.65. The Bertz CT molecular complexity index is 462. The highest BCUT2D eigenvalue weighted by molar-refractivity contribution is 5.81. The first-order valence-electron chi connectivity index (χ1n) is 7.32. The number of carbonyl (C=O) groups excluding carboxylic acids is 1. The zero-order chi connectivity index (χ0) is 15.8. The summed E-state index contributed by atoms with van der Waals surface area (Å²) in [6.45, 7) is 10.1. The normalized spacial score (nSPS) is 11.8. The largest absolute Gasteiger partial charge is 0.368 e. The molecule has 1 aromatic heterocycles. The molecule has 0 saturated heterocycles. The molecule has 118 valence electrons. The number of nitrogens with two attached hydrogens (primary N) is 1. The Morgan fingerprint density at radius 1 is 1.19 bits per heavy atom. The van der Waals surface area contributed by atoms with Crippen LogP contribution in [0.5, 0.6) is 0 Å². The monoisotopic (exact) mass is 295 g/mol. The van der Waals surface area contributed by atoms with E-state index in [-0.39, 0.29) is 0 Å². The van der Waals surface area contributed by atoms with E-state index in [0.29, 0.717) is 17.8 Å². The molecule has 8 heteroatoms. The van der Waals surface area contributed by atoms with Crippen molar-refractivity contribution in [3.8, 4) is 0 Å². The maximum absolute atomic E-state index is 11.2. The molecule has 4 N–H and O–H groups in total. The van der Waals surface area contributed by atoms with Crippen molar-refractivity contribution in [2.45, 2.75) is 40.2 Å². The molecule has 0 aliphatic heterocycles. The van der Waals surface area contributed by atoms with Gasteiger partial charge in [-0.15, -0.1) is 0 Å². The third kappa shape index (κ3) is 5.05. The molecule has 1 heterocycles. The van der Waals surface area contributed by atoms with Crippen LogP contribution in [0.2, 0.25) is 0 Å². The smallest absolute Gasteiger partial charge is 0.239 e. The zero-order valence-electron chi connectivity index (χ0n) is 13.2. The summed E-state index contributed by atoms with van der Waals surface area (Å²) in [4.78, 5) is 26.2. The molecule has 8 nitrogen and oxygen atoms in total. The molecule has 0 aliphatic carbocycles. The molecule has 0 fully saturated rings. The second-order valence-electron chi connectivity index (χ2n) is 4.65. The molecule has 0 saturated carbocycles. The topological polar surface area (TPSA) is 109 Å². The van der Waals surface area contributed by atoms with Gasteiger partial charge in [0.2, 0.25) is 23.8 Å². The molecule has 1 rings (SSSR count). The Morgan fingerprint density at radius 2 is 1.81 bits per heavy atom. The molecule has 0 aliphatic rings. The fraction of sp³-hybridized carbons (Fsp3) is 0.692. The number of hydrogen-bond donors (Lipinski definition) is 3. The van der Waals surface area contributed by atoms with Crippen LogP contribution in [0.15, 0.2) is 0 Å². The summed E-state index contributed by atoms with van der Waals surface area (Å²) in [5.41, 5.74) is 5.25. The maximum Gasteiger partial charge on any atom is 0.239 e. The van der Waals surface area contributed by atoms with Crippen molar-refractivity contribution in [2.75, 3.05) is 35.2 Å². The van der Waals surface area contributed by atoms with Crippen LogP contribution in [-0.4, -0.2) is 46.5 Å². The van der Waals surface area contributed by atoms with Crippen LogP contribution in [0.25, 0.3) is 0 Å². The third-order valence-electron chi connectivity index (χ3n) is 2.98. The lowest BCUT2D eigenvalue weighted by Crippen LogP contribution is -2.33. The lowest BCUT2D eigenvalue weighted by atomic mass is 10.3. The number of carbonyl (C=O) groups is 1. The standard InChI is InChI=1S/C13H25N7O/c1-5-8-15-11-17-12(16-9(4)10(14)21)19-13(18-11)20(6-2)7-3/h9H,5-8H2,1-4H3,(H2,14,21)(H2,15,16,17,18,19). The average Bonchev–Trinajstić information content (AvgIpc) is 2.46. The van der Waals surface area contributed by atoms with Gasteiger partial charge in [-0.1, -0.05) is 6.92 Å². The minimum Gasteiger partial charge on any atom is -0.368 e. The Morgan fingerprint density at radius 3 is 2.33 bits per heavy atom. The van der Waals surface area contributed by atoms with Crippen molar-refractivity contribution in [3.05, 3.63) is 0 Å². The predicted molar refractivity (Wildman–Crippen MR) is 84.4 cm³/mol. The molecule has 0 bridgehead atoms. The van der Waals surface area contributed by atoms with E-state index in [2.05, 4.69) is 32.5 Å². The van der Waals surface area contributed by atoms with Gasteiger partial charge in [0.1, 0.15) is 6.04 Å². The van der Waals surface area contributed by atoms with Crippen molar-refractivity contribution in [1.82, 2.24) is 15.0 Å². The van der Waals surface area contributed by atoms with Gasteiger partial charge in [-0.05, 0) is 27.2 Å². The van der Waals surface area contributed by atoms with Gasteiger partial charge in [-0.3, -0.25) is 4.79 Å². The van der Waals surface area contributed by atoms with E-state index in [4.69, 9.17) is 5.73 Å². The number of rotatable bonds is 9. The van der Waals surface area contributed by atoms with E-state index in [1.54, 1.807) is 6.92 Å². The number of aromatic nitrogens is 3. The molecule has 1 unspecified atom stereocenters. The molecular formula is C13H25N7O. The summed E-state index contributed by atoms with van der Waals surface area (Å²) >= 11 is 0. The van der Waals surface area contributed by atoms with Gasteiger partial charge in [0, 0.05) is 19.6 Å². The van der Waals surface area contributed by atoms with E-state index in [1.165, 1.54) is 0 Å². The number of hydrogen-bond acceptors (Lipinski definition) is 7. The van der Waals surface area contributed by atoms with E-state index in [9.17, 15) is 4.79 Å². The van der Waals surface area contributed by atoms with E-state index < -0.39 is 11.9 Å². The summed E-state index contributed by atoms with van der Waals surface area (Å²) in [7, 11) is 0. The van der Waals surface area contributed by atoms with Gasteiger partial charge >= 0.3 is 0 Å². The minimum absolute atomic E-state index is 0.344. The van der Waals surface area contributed by atoms with E-state index >= 15 is 0 Å². The maximum atomic E-state index is 11.2.